The summed E-state index contributed by atoms with van der Waals surface area (Å²) in [7, 11) is -0.000496. The van der Waals surface area contributed by atoms with Crippen LogP contribution in [0.4, 0.5) is 5.69 Å². The first kappa shape index (κ1) is 22.7. The number of carbonyl (C=O) groups excluding carboxylic acids is 1. The number of aliphatic imine (C=N–C) groups is 1. The SMILES string of the molecule is COc1ccc(CC(=O)N=C2SC3CS(=O)(=O)CC3N2c2cc(C)cc(C)c2)cc1OC. The van der Waals surface area contributed by atoms with Gasteiger partial charge in [-0.2, -0.15) is 4.99 Å². The number of sulfone groups is 1. The van der Waals surface area contributed by atoms with Gasteiger partial charge in [0.15, 0.2) is 26.5 Å². The van der Waals surface area contributed by atoms with Crippen molar-refractivity contribution < 1.29 is 22.7 Å². The maximum atomic E-state index is 12.9. The van der Waals surface area contributed by atoms with Gasteiger partial charge in [-0.15, -0.1) is 0 Å². The van der Waals surface area contributed by atoms with Gasteiger partial charge in [-0.3, -0.25) is 4.79 Å². The molecule has 2 aliphatic heterocycles. The summed E-state index contributed by atoms with van der Waals surface area (Å²) >= 11 is 1.38. The molecule has 32 heavy (non-hydrogen) atoms. The Kier molecular flexibility index (Phi) is 6.22. The summed E-state index contributed by atoms with van der Waals surface area (Å²) in [6.45, 7) is 4.00. The largest absolute Gasteiger partial charge is 0.493 e. The van der Waals surface area contributed by atoms with Crippen LogP contribution in [-0.2, 0) is 21.1 Å². The first-order valence-electron chi connectivity index (χ1n) is 10.3. The fourth-order valence-electron chi connectivity index (χ4n) is 4.27. The number of amidine groups is 1. The monoisotopic (exact) mass is 474 g/mol. The zero-order chi connectivity index (χ0) is 23.0. The second-order valence-corrected chi connectivity index (χ2v) is 11.5. The molecule has 2 aromatic carbocycles. The number of hydrogen-bond donors (Lipinski definition) is 0. The van der Waals surface area contributed by atoms with E-state index in [2.05, 4.69) is 11.1 Å². The van der Waals surface area contributed by atoms with Crippen LogP contribution in [0.5, 0.6) is 11.5 Å². The van der Waals surface area contributed by atoms with E-state index in [1.165, 1.54) is 11.8 Å². The number of aryl methyl sites for hydroxylation is 2. The molecule has 0 N–H and O–H groups in total. The summed E-state index contributed by atoms with van der Waals surface area (Å²) in [5, 5.41) is 0.429. The van der Waals surface area contributed by atoms with E-state index >= 15 is 0 Å². The third kappa shape index (κ3) is 4.63. The summed E-state index contributed by atoms with van der Waals surface area (Å²) in [6, 6.07) is 11.2. The Bertz CT molecular complexity index is 1170. The molecule has 2 aliphatic rings. The van der Waals surface area contributed by atoms with Crippen molar-refractivity contribution in [2.24, 2.45) is 4.99 Å². The van der Waals surface area contributed by atoms with Crippen LogP contribution in [-0.4, -0.2) is 56.5 Å². The Labute approximate surface area is 192 Å². The molecule has 1 amide bonds. The van der Waals surface area contributed by atoms with Crippen LogP contribution in [0, 0.1) is 13.8 Å². The molecule has 0 spiro atoms. The van der Waals surface area contributed by atoms with Gasteiger partial charge in [0, 0.05) is 10.9 Å². The van der Waals surface area contributed by atoms with Gasteiger partial charge >= 0.3 is 0 Å². The van der Waals surface area contributed by atoms with Gasteiger partial charge in [-0.1, -0.05) is 23.9 Å². The van der Waals surface area contributed by atoms with Crippen molar-refractivity contribution in [3.63, 3.8) is 0 Å². The highest BCUT2D eigenvalue weighted by Crippen LogP contribution is 2.41. The van der Waals surface area contributed by atoms with E-state index in [1.54, 1.807) is 26.4 Å². The maximum absolute atomic E-state index is 12.9. The molecule has 0 radical (unpaired) electrons. The number of anilines is 1. The zero-order valence-corrected chi connectivity index (χ0v) is 20.1. The molecule has 0 saturated carbocycles. The van der Waals surface area contributed by atoms with Gasteiger partial charge in [-0.25, -0.2) is 8.42 Å². The van der Waals surface area contributed by atoms with Crippen LogP contribution >= 0.6 is 11.8 Å². The van der Waals surface area contributed by atoms with E-state index < -0.39 is 9.84 Å². The smallest absolute Gasteiger partial charge is 0.252 e. The summed E-state index contributed by atoms with van der Waals surface area (Å²) in [6.07, 6.45) is 0.110. The lowest BCUT2D eigenvalue weighted by Crippen LogP contribution is -2.37. The maximum Gasteiger partial charge on any atom is 0.252 e. The van der Waals surface area contributed by atoms with Crippen molar-refractivity contribution in [3.8, 4) is 11.5 Å². The van der Waals surface area contributed by atoms with Gasteiger partial charge in [-0.05, 0) is 54.8 Å². The lowest BCUT2D eigenvalue weighted by atomic mass is 10.1. The van der Waals surface area contributed by atoms with Crippen molar-refractivity contribution in [3.05, 3.63) is 53.1 Å². The molecule has 0 aromatic heterocycles. The number of rotatable bonds is 5. The zero-order valence-electron chi connectivity index (χ0n) is 18.5. The number of ether oxygens (including phenoxy) is 2. The number of methoxy groups -OCH3 is 2. The third-order valence-corrected chi connectivity index (χ3v) is 8.78. The molecule has 2 heterocycles. The lowest BCUT2D eigenvalue weighted by molar-refractivity contribution is -0.117. The van der Waals surface area contributed by atoms with E-state index in [0.717, 1.165) is 22.4 Å². The van der Waals surface area contributed by atoms with Gasteiger partial charge in [0.2, 0.25) is 0 Å². The summed E-state index contributed by atoms with van der Waals surface area (Å²) in [5.41, 5.74) is 3.79. The van der Waals surface area contributed by atoms with Crippen LogP contribution in [0.3, 0.4) is 0 Å². The molecule has 9 heteroatoms. The van der Waals surface area contributed by atoms with Crippen molar-refractivity contribution in [2.75, 3.05) is 30.6 Å². The fourth-order valence-corrected chi connectivity index (χ4v) is 8.20. The van der Waals surface area contributed by atoms with E-state index in [1.807, 2.05) is 36.9 Å². The average molecular weight is 475 g/mol. The van der Waals surface area contributed by atoms with Crippen molar-refractivity contribution in [1.82, 2.24) is 0 Å². The minimum atomic E-state index is -3.11. The summed E-state index contributed by atoms with van der Waals surface area (Å²) < 4.78 is 35.1. The molecule has 7 nitrogen and oxygen atoms in total. The molecule has 2 saturated heterocycles. The highest BCUT2D eigenvalue weighted by Gasteiger charge is 2.49. The molecule has 0 bridgehead atoms. The Balaban J connectivity index is 1.64. The van der Waals surface area contributed by atoms with E-state index in [9.17, 15) is 13.2 Å². The summed E-state index contributed by atoms with van der Waals surface area (Å²) in [4.78, 5) is 19.2. The van der Waals surface area contributed by atoms with Crippen molar-refractivity contribution in [1.29, 1.82) is 0 Å². The molecule has 170 valence electrons. The minimum Gasteiger partial charge on any atom is -0.493 e. The van der Waals surface area contributed by atoms with Crippen molar-refractivity contribution in [2.45, 2.75) is 31.6 Å². The summed E-state index contributed by atoms with van der Waals surface area (Å²) in [5.74, 6) is 1.03. The Hall–Kier alpha value is -2.52. The quantitative estimate of drug-likeness (QED) is 0.658. The number of nitrogens with zero attached hydrogens (tertiary/aromatic N) is 2. The molecular formula is C23H26N2O5S2. The predicted molar refractivity (Wildman–Crippen MR) is 128 cm³/mol. The Morgan fingerprint density at radius 2 is 1.75 bits per heavy atom. The number of fused-ring (bicyclic) bond motifs is 1. The number of thioether (sulfide) groups is 1. The Morgan fingerprint density at radius 3 is 2.41 bits per heavy atom. The standard InChI is InChI=1S/C23H26N2O5S2/c1-14-7-15(2)9-17(8-14)25-18-12-32(27,28)13-21(18)31-23(25)24-22(26)11-16-5-6-19(29-3)20(10-16)30-4/h5-10,18,21H,11-13H2,1-4H3. The average Bonchev–Trinajstić information content (AvgIpc) is 3.17. The third-order valence-electron chi connectivity index (χ3n) is 5.57. The number of hydrogen-bond acceptors (Lipinski definition) is 6. The van der Waals surface area contributed by atoms with E-state index in [0.29, 0.717) is 16.7 Å². The second-order valence-electron chi connectivity index (χ2n) is 8.17. The van der Waals surface area contributed by atoms with Gasteiger partial charge in [0.25, 0.3) is 5.91 Å². The van der Waals surface area contributed by atoms with Crippen LogP contribution in [0.2, 0.25) is 0 Å². The molecule has 0 aliphatic carbocycles. The fraction of sp³-hybridized carbons (Fsp3) is 0.391. The molecule has 2 unspecified atom stereocenters. The Morgan fingerprint density at radius 1 is 1.06 bits per heavy atom. The predicted octanol–water partition coefficient (Wildman–Crippen LogP) is 3.16. The van der Waals surface area contributed by atoms with Crippen LogP contribution in [0.1, 0.15) is 16.7 Å². The first-order valence-corrected chi connectivity index (χ1v) is 13.0. The topological polar surface area (TPSA) is 85.3 Å². The van der Waals surface area contributed by atoms with Gasteiger partial charge in [0.05, 0.1) is 38.2 Å². The number of carbonyl (C=O) groups is 1. The van der Waals surface area contributed by atoms with E-state index in [-0.39, 0.29) is 35.1 Å². The van der Waals surface area contributed by atoms with Crippen LogP contribution in [0.15, 0.2) is 41.4 Å². The normalized spacial score (nSPS) is 22.8. The first-order chi connectivity index (χ1) is 15.2. The molecule has 2 aromatic rings. The van der Waals surface area contributed by atoms with Crippen LogP contribution in [0.25, 0.3) is 0 Å². The highest BCUT2D eigenvalue weighted by atomic mass is 32.2. The molecule has 4 rings (SSSR count). The second kappa shape index (κ2) is 8.78. The number of benzene rings is 2. The van der Waals surface area contributed by atoms with Gasteiger partial charge in [0.1, 0.15) is 0 Å². The van der Waals surface area contributed by atoms with Gasteiger partial charge < -0.3 is 14.4 Å². The molecular weight excluding hydrogens is 448 g/mol. The lowest BCUT2D eigenvalue weighted by Gasteiger charge is -2.25. The highest BCUT2D eigenvalue weighted by molar-refractivity contribution is 8.16. The molecule has 2 fully saturated rings. The number of amides is 1. The van der Waals surface area contributed by atoms with Crippen LogP contribution < -0.4 is 14.4 Å². The van der Waals surface area contributed by atoms with E-state index in [4.69, 9.17) is 9.47 Å². The minimum absolute atomic E-state index is 0.0700. The van der Waals surface area contributed by atoms with Crippen molar-refractivity contribution >= 4 is 38.4 Å². The molecule has 2 atom stereocenters.